The van der Waals surface area contributed by atoms with E-state index >= 15 is 0 Å². The van der Waals surface area contributed by atoms with Crippen LogP contribution >= 0.6 is 15.6 Å². The Morgan fingerprint density at radius 3 is 0.804 bits per heavy atom. The Kier molecular flexibility index (Phi) is 73.6. The summed E-state index contributed by atoms with van der Waals surface area (Å²) >= 11 is 0. The minimum Gasteiger partial charge on any atom is -0.462 e. The molecule has 0 aromatic carbocycles. The predicted octanol–water partition coefficient (Wildman–Crippen LogP) is 24.2. The Morgan fingerprint density at radius 2 is 0.490 bits per heavy atom. The maximum absolute atomic E-state index is 13.1. The molecule has 3 N–H and O–H groups in total. The number of rotatable bonds is 79. The first-order valence-electron chi connectivity index (χ1n) is 41.5. The Balaban J connectivity index is 5.37. The molecule has 19 heteroatoms. The molecule has 0 radical (unpaired) electrons. The lowest BCUT2D eigenvalue weighted by atomic mass is 10.0. The molecule has 0 rings (SSSR count). The summed E-state index contributed by atoms with van der Waals surface area (Å²) in [5, 5.41) is 10.6. The molecule has 0 saturated heterocycles. The van der Waals surface area contributed by atoms with Gasteiger partial charge in [-0.25, -0.2) is 9.13 Å². The van der Waals surface area contributed by atoms with Crippen molar-refractivity contribution in [3.05, 3.63) is 60.8 Å². The van der Waals surface area contributed by atoms with Crippen LogP contribution in [0.4, 0.5) is 0 Å². The average Bonchev–Trinajstić information content (AvgIpc) is 0.923. The zero-order valence-electron chi connectivity index (χ0n) is 65.3. The molecule has 5 atom stereocenters. The SMILES string of the molecule is CCCCC/C=C\C/C=C\C/C=C\C/C=C\CCCC(=O)OC[C@H](COP(=O)(O)OC[C@@H](O)COP(=O)(O)OC[C@@H](COC(=O)CCCCCCC/C=C\CCCCCCCC)OC(=O)CCCCCCCCCCCCCCCCC)OC(=O)CCCCCCCCCCCCCCCCC. The zero-order valence-corrected chi connectivity index (χ0v) is 67.1. The number of unbranched alkanes of at least 4 members (excludes halogenated alkanes) is 43. The van der Waals surface area contributed by atoms with Crippen molar-refractivity contribution in [2.45, 2.75) is 406 Å². The van der Waals surface area contributed by atoms with Gasteiger partial charge in [0, 0.05) is 25.7 Å². The highest BCUT2D eigenvalue weighted by Crippen LogP contribution is 2.45. The number of aliphatic hydroxyl groups is 1. The third-order valence-corrected chi connectivity index (χ3v) is 19.9. The summed E-state index contributed by atoms with van der Waals surface area (Å²) in [5.74, 6) is -2.21. The highest BCUT2D eigenvalue weighted by molar-refractivity contribution is 7.47. The molecule has 102 heavy (non-hydrogen) atoms. The van der Waals surface area contributed by atoms with Gasteiger partial charge in [0.15, 0.2) is 12.2 Å². The van der Waals surface area contributed by atoms with E-state index in [1.165, 1.54) is 186 Å². The number of allylic oxidation sites excluding steroid dienone is 10. The molecule has 0 aromatic rings. The Morgan fingerprint density at radius 1 is 0.275 bits per heavy atom. The maximum Gasteiger partial charge on any atom is 0.472 e. The first-order chi connectivity index (χ1) is 49.7. The van der Waals surface area contributed by atoms with Crippen molar-refractivity contribution in [2.75, 3.05) is 39.6 Å². The molecule has 0 fully saturated rings. The van der Waals surface area contributed by atoms with Crippen LogP contribution in [-0.4, -0.2) is 96.7 Å². The van der Waals surface area contributed by atoms with Crippen LogP contribution in [0.2, 0.25) is 0 Å². The number of hydrogen-bond donors (Lipinski definition) is 3. The molecule has 0 amide bonds. The molecule has 0 spiro atoms. The van der Waals surface area contributed by atoms with E-state index in [1.807, 2.05) is 12.2 Å². The van der Waals surface area contributed by atoms with Gasteiger partial charge in [-0.15, -0.1) is 0 Å². The molecule has 0 bridgehead atoms. The van der Waals surface area contributed by atoms with Crippen molar-refractivity contribution in [1.82, 2.24) is 0 Å². The van der Waals surface area contributed by atoms with Crippen molar-refractivity contribution in [2.24, 2.45) is 0 Å². The van der Waals surface area contributed by atoms with Gasteiger partial charge in [0.1, 0.15) is 19.3 Å². The van der Waals surface area contributed by atoms with E-state index in [4.69, 9.17) is 37.0 Å². The lowest BCUT2D eigenvalue weighted by Gasteiger charge is -2.21. The van der Waals surface area contributed by atoms with Gasteiger partial charge in [0.05, 0.1) is 26.4 Å². The number of phosphoric acid groups is 2. The summed E-state index contributed by atoms with van der Waals surface area (Å²) < 4.78 is 68.7. The smallest absolute Gasteiger partial charge is 0.462 e. The Bertz CT molecular complexity index is 2170. The van der Waals surface area contributed by atoms with Crippen LogP contribution in [0.5, 0.6) is 0 Å². The van der Waals surface area contributed by atoms with Crippen LogP contribution < -0.4 is 0 Å². The lowest BCUT2D eigenvalue weighted by molar-refractivity contribution is -0.161. The van der Waals surface area contributed by atoms with Crippen LogP contribution in [0.25, 0.3) is 0 Å². The lowest BCUT2D eigenvalue weighted by Crippen LogP contribution is -2.30. The zero-order chi connectivity index (χ0) is 74.6. The number of esters is 4. The van der Waals surface area contributed by atoms with Gasteiger partial charge >= 0.3 is 39.5 Å². The largest absolute Gasteiger partial charge is 0.472 e. The quantitative estimate of drug-likeness (QED) is 0.0169. The number of carbonyl (C=O) groups is 4. The highest BCUT2D eigenvalue weighted by Gasteiger charge is 2.30. The Hall–Kier alpha value is -3.24. The summed E-state index contributed by atoms with van der Waals surface area (Å²) in [5.41, 5.74) is 0. The van der Waals surface area contributed by atoms with E-state index < -0.39 is 97.5 Å². The van der Waals surface area contributed by atoms with Crippen LogP contribution in [0, 0.1) is 0 Å². The molecule has 596 valence electrons. The molecule has 17 nitrogen and oxygen atoms in total. The number of aliphatic hydroxyl groups excluding tert-OH is 1. The number of hydrogen-bond acceptors (Lipinski definition) is 15. The summed E-state index contributed by atoms with van der Waals surface area (Å²) in [6.07, 6.45) is 76.2. The molecule has 0 aliphatic rings. The summed E-state index contributed by atoms with van der Waals surface area (Å²) in [4.78, 5) is 73.1. The molecule has 0 saturated carbocycles. The van der Waals surface area contributed by atoms with Crippen LogP contribution in [-0.2, 0) is 65.4 Å². The fourth-order valence-corrected chi connectivity index (χ4v) is 13.2. The normalized spacial score (nSPS) is 14.1. The highest BCUT2D eigenvalue weighted by atomic mass is 31.2. The number of carbonyl (C=O) groups excluding carboxylic acids is 4. The molecule has 0 heterocycles. The van der Waals surface area contributed by atoms with Crippen LogP contribution in [0.15, 0.2) is 60.8 Å². The van der Waals surface area contributed by atoms with E-state index in [-0.39, 0.29) is 25.7 Å². The van der Waals surface area contributed by atoms with Gasteiger partial charge in [0.2, 0.25) is 0 Å². The second kappa shape index (κ2) is 76.0. The van der Waals surface area contributed by atoms with E-state index in [1.54, 1.807) is 0 Å². The van der Waals surface area contributed by atoms with Crippen molar-refractivity contribution in [3.8, 4) is 0 Å². The van der Waals surface area contributed by atoms with Gasteiger partial charge in [-0.2, -0.15) is 0 Å². The van der Waals surface area contributed by atoms with Gasteiger partial charge < -0.3 is 33.8 Å². The van der Waals surface area contributed by atoms with E-state index in [0.29, 0.717) is 32.1 Å². The topological polar surface area (TPSA) is 237 Å². The van der Waals surface area contributed by atoms with Gasteiger partial charge in [0.25, 0.3) is 0 Å². The number of ether oxygens (including phenoxy) is 4. The van der Waals surface area contributed by atoms with Crippen LogP contribution in [0.1, 0.15) is 387 Å². The fraction of sp³-hybridized carbons (Fsp3) is 0.831. The van der Waals surface area contributed by atoms with Gasteiger partial charge in [-0.1, -0.05) is 332 Å². The van der Waals surface area contributed by atoms with Crippen molar-refractivity contribution < 1.29 is 80.2 Å². The maximum atomic E-state index is 13.1. The van der Waals surface area contributed by atoms with Gasteiger partial charge in [-0.3, -0.25) is 37.3 Å². The summed E-state index contributed by atoms with van der Waals surface area (Å²) in [7, 11) is -9.96. The van der Waals surface area contributed by atoms with E-state index in [9.17, 15) is 43.2 Å². The molecular weight excluding hydrogens is 1330 g/mol. The first-order valence-corrected chi connectivity index (χ1v) is 44.5. The van der Waals surface area contributed by atoms with Gasteiger partial charge in [-0.05, 0) is 89.9 Å². The Labute approximate surface area is 622 Å². The molecule has 2 unspecified atom stereocenters. The second-order valence-corrected chi connectivity index (χ2v) is 31.0. The van der Waals surface area contributed by atoms with E-state index in [0.717, 1.165) is 116 Å². The third kappa shape index (κ3) is 75.0. The summed E-state index contributed by atoms with van der Waals surface area (Å²) in [6, 6.07) is 0. The van der Waals surface area contributed by atoms with Crippen molar-refractivity contribution in [3.63, 3.8) is 0 Å². The fourth-order valence-electron chi connectivity index (χ4n) is 11.6. The van der Waals surface area contributed by atoms with Crippen molar-refractivity contribution >= 4 is 39.5 Å². The predicted molar refractivity (Wildman–Crippen MR) is 418 cm³/mol. The number of phosphoric ester groups is 2. The monoisotopic (exact) mass is 1480 g/mol. The minimum atomic E-state index is -4.98. The average molecular weight is 1480 g/mol. The molecular formula is C83H152O17P2. The second-order valence-electron chi connectivity index (χ2n) is 28.1. The van der Waals surface area contributed by atoms with Crippen LogP contribution in [0.3, 0.4) is 0 Å². The molecule has 0 aliphatic carbocycles. The van der Waals surface area contributed by atoms with E-state index in [2.05, 4.69) is 76.3 Å². The summed E-state index contributed by atoms with van der Waals surface area (Å²) in [6.45, 7) is 4.87. The molecule has 0 aromatic heterocycles. The minimum absolute atomic E-state index is 0.0901. The van der Waals surface area contributed by atoms with Crippen molar-refractivity contribution in [1.29, 1.82) is 0 Å². The molecule has 0 aliphatic heterocycles. The first kappa shape index (κ1) is 98.8. The standard InChI is InChI=1S/C83H152O17P2/c1-5-9-13-17-21-25-29-33-37-38-42-44-48-52-56-60-64-68-81(86)94-74-79(100-83(88)70-66-62-58-54-50-46-41-36-32-28-24-20-16-12-8-4)76-98-102(91,92)96-72-77(84)71-95-101(89,90)97-75-78(99-82(87)69-65-61-57-53-49-45-40-35-31-27-23-19-15-11-7-3)73-93-80(85)67-63-59-55-51-47-43-39-34-30-26-22-18-14-10-6-2/h21,25,33-34,37,39,42,44,52,56,77-79,84H,5-20,22-24,26-32,35-36,38,40-41,43,45-51,53-55,57-76H2,1-4H3,(H,89,90)(H,91,92)/b25-21-,37-33-,39-34-,44-42-,56-52-/t77-,78+,79+/m0/s1. The third-order valence-electron chi connectivity index (χ3n) is 18.0.